The van der Waals surface area contributed by atoms with Crippen LogP contribution in [0.3, 0.4) is 0 Å². The smallest absolute Gasteiger partial charge is 0.337 e. The number of benzene rings is 2. The molecule has 30 heavy (non-hydrogen) atoms. The molecule has 2 unspecified atom stereocenters. The Hall–Kier alpha value is -2.86. The maximum absolute atomic E-state index is 13.1. The van der Waals surface area contributed by atoms with Crippen LogP contribution in [0, 0.1) is 0 Å². The van der Waals surface area contributed by atoms with Crippen LogP contribution in [0.25, 0.3) is 0 Å². The van der Waals surface area contributed by atoms with E-state index in [0.29, 0.717) is 19.4 Å². The number of hydrogen-bond donors (Lipinski definition) is 2. The van der Waals surface area contributed by atoms with Crippen molar-refractivity contribution < 1.29 is 24.5 Å². The number of aliphatic hydroxyl groups is 1. The van der Waals surface area contributed by atoms with Gasteiger partial charge in [0.15, 0.2) is 11.8 Å². The molecule has 1 heterocycles. The van der Waals surface area contributed by atoms with Crippen LogP contribution in [-0.4, -0.2) is 40.2 Å². The Morgan fingerprint density at radius 2 is 1.87 bits per heavy atom. The van der Waals surface area contributed by atoms with E-state index in [4.69, 9.17) is 4.74 Å². The second-order valence-corrected chi connectivity index (χ2v) is 8.10. The zero-order chi connectivity index (χ0) is 21.7. The second-order valence-electron chi connectivity index (χ2n) is 8.10. The van der Waals surface area contributed by atoms with E-state index in [1.165, 1.54) is 0 Å². The first kappa shape index (κ1) is 21.8. The summed E-state index contributed by atoms with van der Waals surface area (Å²) < 4.78 is 5.81. The van der Waals surface area contributed by atoms with E-state index in [1.54, 1.807) is 36.1 Å². The molecular formula is C24H29NO5. The lowest BCUT2D eigenvalue weighted by Crippen LogP contribution is -2.56. The van der Waals surface area contributed by atoms with Crippen LogP contribution < -0.4 is 4.90 Å². The monoisotopic (exact) mass is 411 g/mol. The summed E-state index contributed by atoms with van der Waals surface area (Å²) in [6, 6.07) is 13.2. The Bertz CT molecular complexity index is 875. The summed E-state index contributed by atoms with van der Waals surface area (Å²) in [5.74, 6) is -0.474. The number of ether oxygens (including phenoxy) is 1. The zero-order valence-electron chi connectivity index (χ0n) is 17.5. The Labute approximate surface area is 177 Å². The van der Waals surface area contributed by atoms with E-state index in [0.717, 1.165) is 23.2 Å². The highest BCUT2D eigenvalue weighted by atomic mass is 16.6. The first-order valence-electron chi connectivity index (χ1n) is 10.3. The van der Waals surface area contributed by atoms with E-state index < -0.39 is 17.6 Å². The molecule has 160 valence electrons. The van der Waals surface area contributed by atoms with Crippen molar-refractivity contribution in [3.05, 3.63) is 59.7 Å². The van der Waals surface area contributed by atoms with Crippen LogP contribution in [-0.2, 0) is 27.4 Å². The number of aliphatic hydroxyl groups excluding tert-OH is 1. The van der Waals surface area contributed by atoms with Gasteiger partial charge in [-0.15, -0.1) is 0 Å². The van der Waals surface area contributed by atoms with Crippen LogP contribution in [0.1, 0.15) is 44.2 Å². The van der Waals surface area contributed by atoms with Gasteiger partial charge in [-0.3, -0.25) is 4.79 Å². The number of nitrogens with zero attached hydrogens (tertiary/aromatic N) is 1. The van der Waals surface area contributed by atoms with E-state index in [-0.39, 0.29) is 24.6 Å². The van der Waals surface area contributed by atoms with E-state index in [9.17, 15) is 19.8 Å². The number of carbonyl (C=O) groups excluding carboxylic acids is 2. The number of Topliss-reactive ketones (excluding diaryl/α,β-unsaturated/α-hetero) is 1. The van der Waals surface area contributed by atoms with Crippen LogP contribution in [0.15, 0.2) is 48.5 Å². The molecule has 0 amide bonds. The minimum atomic E-state index is -0.972. The number of phenols is 1. The molecule has 1 fully saturated rings. The van der Waals surface area contributed by atoms with Gasteiger partial charge in [0.25, 0.3) is 0 Å². The average Bonchev–Trinajstić information content (AvgIpc) is 2.72. The Morgan fingerprint density at radius 3 is 2.50 bits per heavy atom. The van der Waals surface area contributed by atoms with E-state index in [2.05, 4.69) is 0 Å². The molecule has 3 rings (SSSR count). The Morgan fingerprint density at radius 1 is 1.13 bits per heavy atom. The highest BCUT2D eigenvalue weighted by Gasteiger charge is 2.46. The number of aryl methyl sites for hydroxylation is 1. The van der Waals surface area contributed by atoms with Gasteiger partial charge >= 0.3 is 5.97 Å². The first-order valence-corrected chi connectivity index (χ1v) is 10.3. The van der Waals surface area contributed by atoms with Crippen molar-refractivity contribution in [2.45, 2.75) is 57.8 Å². The predicted octanol–water partition coefficient (Wildman–Crippen LogP) is 3.38. The number of ketones is 1. The summed E-state index contributed by atoms with van der Waals surface area (Å²) in [5, 5.41) is 18.8. The standard InChI is InChI=1S/C24H29NO5/c1-3-13-25(19-6-4-5-18(14-19)16-26)22-21(28)15-24(2,30-23(22)29)12-11-17-7-9-20(27)10-8-17/h4-10,14,22,26-27H,3,11-13,15-16H2,1-2H3. The lowest BCUT2D eigenvalue weighted by atomic mass is 9.86. The lowest BCUT2D eigenvalue weighted by molar-refractivity contribution is -0.171. The van der Waals surface area contributed by atoms with Crippen LogP contribution in [0.4, 0.5) is 5.69 Å². The SMILES string of the molecule is CCCN(c1cccc(CO)c1)C1C(=O)CC(C)(CCc2ccc(O)cc2)OC1=O. The third-order valence-electron chi connectivity index (χ3n) is 5.50. The molecule has 0 saturated carbocycles. The summed E-state index contributed by atoms with van der Waals surface area (Å²) in [5.41, 5.74) is 1.61. The van der Waals surface area contributed by atoms with Gasteiger partial charge in [0.2, 0.25) is 0 Å². The number of rotatable bonds is 8. The van der Waals surface area contributed by atoms with Crippen molar-refractivity contribution in [1.29, 1.82) is 0 Å². The van der Waals surface area contributed by atoms with Gasteiger partial charge in [-0.25, -0.2) is 4.79 Å². The third-order valence-corrected chi connectivity index (χ3v) is 5.50. The molecule has 1 saturated heterocycles. The van der Waals surface area contributed by atoms with Crippen LogP contribution >= 0.6 is 0 Å². The summed E-state index contributed by atoms with van der Waals surface area (Å²) in [6.45, 7) is 4.22. The molecule has 0 bridgehead atoms. The fourth-order valence-corrected chi connectivity index (χ4v) is 3.92. The number of esters is 1. The van der Waals surface area contributed by atoms with Crippen LogP contribution in [0.5, 0.6) is 5.75 Å². The number of hydrogen-bond acceptors (Lipinski definition) is 6. The van der Waals surface area contributed by atoms with Crippen LogP contribution in [0.2, 0.25) is 0 Å². The molecule has 0 aromatic heterocycles. The minimum Gasteiger partial charge on any atom is -0.508 e. The maximum Gasteiger partial charge on any atom is 0.337 e. The fourth-order valence-electron chi connectivity index (χ4n) is 3.92. The molecule has 2 atom stereocenters. The lowest BCUT2D eigenvalue weighted by Gasteiger charge is -2.40. The highest BCUT2D eigenvalue weighted by molar-refractivity contribution is 6.08. The number of aromatic hydroxyl groups is 1. The molecule has 2 N–H and O–H groups in total. The van der Waals surface area contributed by atoms with Crippen molar-refractivity contribution in [1.82, 2.24) is 0 Å². The molecule has 0 aliphatic carbocycles. The van der Waals surface area contributed by atoms with Crippen molar-refractivity contribution in [3.8, 4) is 5.75 Å². The van der Waals surface area contributed by atoms with Gasteiger partial charge in [-0.05, 0) is 61.6 Å². The normalized spacial score (nSPS) is 21.4. The molecule has 1 aliphatic heterocycles. The largest absolute Gasteiger partial charge is 0.508 e. The second kappa shape index (κ2) is 9.30. The molecule has 1 aliphatic rings. The predicted molar refractivity (Wildman–Crippen MR) is 114 cm³/mol. The molecule has 0 radical (unpaired) electrons. The molecule has 0 spiro atoms. The summed E-state index contributed by atoms with van der Waals surface area (Å²) in [6.07, 6.45) is 2.08. The summed E-state index contributed by atoms with van der Waals surface area (Å²) in [7, 11) is 0. The van der Waals surface area contributed by atoms with Gasteiger partial charge in [-0.1, -0.05) is 31.2 Å². The quantitative estimate of drug-likeness (QED) is 0.512. The minimum absolute atomic E-state index is 0.105. The third kappa shape index (κ3) is 5.00. The molecule has 6 heteroatoms. The van der Waals surface area contributed by atoms with Gasteiger partial charge in [0.1, 0.15) is 11.4 Å². The molecule has 2 aromatic rings. The van der Waals surface area contributed by atoms with Gasteiger partial charge < -0.3 is 19.8 Å². The van der Waals surface area contributed by atoms with E-state index >= 15 is 0 Å². The number of anilines is 1. The maximum atomic E-state index is 13.1. The molecule has 6 nitrogen and oxygen atoms in total. The first-order chi connectivity index (χ1) is 14.3. The van der Waals surface area contributed by atoms with Gasteiger partial charge in [0.05, 0.1) is 6.61 Å². The van der Waals surface area contributed by atoms with Crippen molar-refractivity contribution in [2.75, 3.05) is 11.4 Å². The summed E-state index contributed by atoms with van der Waals surface area (Å²) in [4.78, 5) is 27.8. The zero-order valence-corrected chi connectivity index (χ0v) is 17.5. The Kier molecular flexibility index (Phi) is 6.77. The van der Waals surface area contributed by atoms with Gasteiger partial charge in [-0.2, -0.15) is 0 Å². The number of phenolic OH excluding ortho intramolecular Hbond substituents is 1. The average molecular weight is 411 g/mol. The van der Waals surface area contributed by atoms with E-state index in [1.807, 2.05) is 31.2 Å². The topological polar surface area (TPSA) is 87.1 Å². The fraction of sp³-hybridized carbons (Fsp3) is 0.417. The highest BCUT2D eigenvalue weighted by Crippen LogP contribution is 2.32. The number of cyclic esters (lactones) is 1. The van der Waals surface area contributed by atoms with Crippen molar-refractivity contribution >= 4 is 17.4 Å². The number of carbonyl (C=O) groups is 2. The molecule has 2 aromatic carbocycles. The van der Waals surface area contributed by atoms with Gasteiger partial charge in [0, 0.05) is 18.7 Å². The Balaban J connectivity index is 1.75. The van der Waals surface area contributed by atoms with Crippen molar-refractivity contribution in [2.24, 2.45) is 0 Å². The van der Waals surface area contributed by atoms with Crippen molar-refractivity contribution in [3.63, 3.8) is 0 Å². The molecular weight excluding hydrogens is 382 g/mol. The summed E-state index contributed by atoms with van der Waals surface area (Å²) >= 11 is 0.